The van der Waals surface area contributed by atoms with E-state index in [1.165, 1.54) is 12.5 Å². The Bertz CT molecular complexity index is 883. The van der Waals surface area contributed by atoms with Crippen LogP contribution in [-0.2, 0) is 9.47 Å². The van der Waals surface area contributed by atoms with Crippen molar-refractivity contribution in [3.63, 3.8) is 0 Å². The third-order valence-corrected chi connectivity index (χ3v) is 6.91. The lowest BCUT2D eigenvalue weighted by atomic mass is 9.73. The molecule has 0 N–H and O–H groups in total. The number of hydrogen-bond acceptors (Lipinski definition) is 4. The maximum absolute atomic E-state index is 13.1. The van der Waals surface area contributed by atoms with Gasteiger partial charge in [0.15, 0.2) is 17.9 Å². The molecule has 1 spiro atoms. The number of benzene rings is 1. The van der Waals surface area contributed by atoms with Gasteiger partial charge in [-0.2, -0.15) is 0 Å². The summed E-state index contributed by atoms with van der Waals surface area (Å²) in [6.45, 7) is 5.17. The van der Waals surface area contributed by atoms with Gasteiger partial charge in [0.05, 0.1) is 13.2 Å². The fraction of sp³-hybridized carbons (Fsp3) is 0.478. The maximum atomic E-state index is 13.1. The summed E-state index contributed by atoms with van der Waals surface area (Å²) in [5, 5.41) is 0. The van der Waals surface area contributed by atoms with Crippen LogP contribution in [0.4, 0.5) is 0 Å². The Labute approximate surface area is 159 Å². The van der Waals surface area contributed by atoms with Crippen molar-refractivity contribution >= 4 is 11.6 Å². The van der Waals surface area contributed by atoms with Gasteiger partial charge in [-0.1, -0.05) is 50.3 Å². The van der Waals surface area contributed by atoms with E-state index in [1.807, 2.05) is 13.8 Å². The highest BCUT2D eigenvalue weighted by molar-refractivity contribution is 6.24. The molecule has 1 aromatic carbocycles. The van der Waals surface area contributed by atoms with Crippen molar-refractivity contribution in [2.24, 2.45) is 22.7 Å². The van der Waals surface area contributed by atoms with Crippen LogP contribution in [0.3, 0.4) is 0 Å². The Kier molecular flexibility index (Phi) is 3.62. The lowest BCUT2D eigenvalue weighted by Crippen LogP contribution is -2.50. The molecule has 0 radical (unpaired) electrons. The molecule has 4 aliphatic rings. The summed E-state index contributed by atoms with van der Waals surface area (Å²) < 4.78 is 12.4. The molecule has 1 saturated heterocycles. The smallest absolute Gasteiger partial charge is 0.190 e. The van der Waals surface area contributed by atoms with E-state index in [9.17, 15) is 9.59 Å². The van der Waals surface area contributed by atoms with Gasteiger partial charge < -0.3 is 9.47 Å². The third-order valence-electron chi connectivity index (χ3n) is 6.91. The molecule has 0 unspecified atom stereocenters. The van der Waals surface area contributed by atoms with E-state index in [0.717, 1.165) is 6.42 Å². The molecule has 1 aliphatic heterocycles. The van der Waals surface area contributed by atoms with Crippen LogP contribution < -0.4 is 0 Å². The minimum absolute atomic E-state index is 0.0827. The summed E-state index contributed by atoms with van der Waals surface area (Å²) in [6, 6.07) is 7.00. The normalized spacial score (nSPS) is 34.9. The van der Waals surface area contributed by atoms with Gasteiger partial charge in [0.2, 0.25) is 0 Å². The number of carbonyl (C=O) groups excluding carboxylic acids is 2. The second-order valence-corrected chi connectivity index (χ2v) is 9.03. The molecule has 1 heterocycles. The lowest BCUT2D eigenvalue weighted by Gasteiger charge is -2.46. The fourth-order valence-electron chi connectivity index (χ4n) is 5.30. The zero-order chi connectivity index (χ0) is 18.8. The molecule has 2 fully saturated rings. The molecule has 1 saturated carbocycles. The van der Waals surface area contributed by atoms with Crippen molar-refractivity contribution in [1.82, 2.24) is 0 Å². The number of fused-ring (bicyclic) bond motifs is 4. The van der Waals surface area contributed by atoms with Crippen LogP contribution in [0.5, 0.6) is 0 Å². The number of hydrogen-bond donors (Lipinski definition) is 0. The molecule has 0 amide bonds. The molecule has 0 aromatic heterocycles. The van der Waals surface area contributed by atoms with Crippen molar-refractivity contribution < 1.29 is 19.1 Å². The van der Waals surface area contributed by atoms with E-state index in [2.05, 4.69) is 12.2 Å². The zero-order valence-electron chi connectivity index (χ0n) is 15.7. The largest absolute Gasteiger partial charge is 0.351 e. The van der Waals surface area contributed by atoms with Gasteiger partial charge in [-0.05, 0) is 30.8 Å². The number of ether oxygens (including phenoxy) is 2. The predicted molar refractivity (Wildman–Crippen MR) is 100 cm³/mol. The van der Waals surface area contributed by atoms with Crippen molar-refractivity contribution in [2.45, 2.75) is 33.0 Å². The quantitative estimate of drug-likeness (QED) is 0.745. The molecule has 4 nitrogen and oxygen atoms in total. The van der Waals surface area contributed by atoms with Crippen molar-refractivity contribution in [3.8, 4) is 0 Å². The minimum atomic E-state index is -0.699. The van der Waals surface area contributed by atoms with Crippen LogP contribution in [0.2, 0.25) is 0 Å². The van der Waals surface area contributed by atoms with E-state index in [1.54, 1.807) is 24.3 Å². The zero-order valence-corrected chi connectivity index (χ0v) is 15.7. The Morgan fingerprint density at radius 1 is 1.04 bits per heavy atom. The number of rotatable bonds is 2. The Balaban J connectivity index is 1.39. The summed E-state index contributed by atoms with van der Waals surface area (Å²) in [4.78, 5) is 25.6. The second kappa shape index (κ2) is 5.73. The number of carbonyl (C=O) groups is 2. The SMILES string of the molecule is CC(C)(C1=CC(=O)c2ccccc2C1=O)C1OCC2(CO1)C[C@H]1C=C[C@H]2C1. The van der Waals surface area contributed by atoms with Gasteiger partial charge >= 0.3 is 0 Å². The Morgan fingerprint density at radius 2 is 1.74 bits per heavy atom. The van der Waals surface area contributed by atoms with Crippen molar-refractivity contribution in [3.05, 3.63) is 59.2 Å². The predicted octanol–water partition coefficient (Wildman–Crippen LogP) is 3.97. The van der Waals surface area contributed by atoms with Crippen LogP contribution in [0, 0.1) is 22.7 Å². The van der Waals surface area contributed by atoms with Gasteiger partial charge in [-0.15, -0.1) is 0 Å². The highest BCUT2D eigenvalue weighted by atomic mass is 16.7. The minimum Gasteiger partial charge on any atom is -0.351 e. The maximum Gasteiger partial charge on any atom is 0.190 e. The molecule has 5 rings (SSSR count). The average Bonchev–Trinajstić information content (AvgIpc) is 3.26. The molecular weight excluding hydrogens is 340 g/mol. The molecule has 140 valence electrons. The molecular formula is C23H24O4. The highest BCUT2D eigenvalue weighted by Gasteiger charge is 2.53. The van der Waals surface area contributed by atoms with Crippen LogP contribution in [0.15, 0.2) is 48.1 Å². The number of Topliss-reactive ketones (excluding diaryl/α,β-unsaturated/α-hetero) is 1. The van der Waals surface area contributed by atoms with E-state index in [4.69, 9.17) is 9.47 Å². The molecule has 27 heavy (non-hydrogen) atoms. The van der Waals surface area contributed by atoms with Crippen LogP contribution >= 0.6 is 0 Å². The summed E-state index contributed by atoms with van der Waals surface area (Å²) in [6.07, 6.45) is 7.90. The van der Waals surface area contributed by atoms with Crippen LogP contribution in [0.25, 0.3) is 0 Å². The van der Waals surface area contributed by atoms with Gasteiger partial charge in [0.25, 0.3) is 0 Å². The first-order valence-corrected chi connectivity index (χ1v) is 9.72. The lowest BCUT2D eigenvalue weighted by molar-refractivity contribution is -0.266. The summed E-state index contributed by atoms with van der Waals surface area (Å²) in [5.41, 5.74) is 0.799. The third kappa shape index (κ3) is 2.43. The number of ketones is 2. The molecule has 4 heteroatoms. The standard InChI is InChI=1S/C23H24O4/c1-22(2,18-10-19(24)16-5-3-4-6-17(16)20(18)25)21-26-12-23(13-27-21)11-14-7-8-15(23)9-14/h3-8,10,14-15,21H,9,11-13H2,1-2H3/t14-,15-,21?,23?/m0/s1. The van der Waals surface area contributed by atoms with E-state index in [0.29, 0.717) is 41.7 Å². The van der Waals surface area contributed by atoms with E-state index >= 15 is 0 Å². The van der Waals surface area contributed by atoms with E-state index in [-0.39, 0.29) is 17.0 Å². The second-order valence-electron chi connectivity index (χ2n) is 9.03. The monoisotopic (exact) mass is 364 g/mol. The van der Waals surface area contributed by atoms with E-state index < -0.39 is 11.7 Å². The first-order chi connectivity index (χ1) is 12.9. The van der Waals surface area contributed by atoms with Gasteiger partial charge in [0.1, 0.15) is 0 Å². The van der Waals surface area contributed by atoms with Crippen LogP contribution in [0.1, 0.15) is 47.4 Å². The fourth-order valence-corrected chi connectivity index (χ4v) is 5.30. The van der Waals surface area contributed by atoms with Crippen molar-refractivity contribution in [2.75, 3.05) is 13.2 Å². The Hall–Kier alpha value is -2.04. The first-order valence-electron chi connectivity index (χ1n) is 9.72. The Morgan fingerprint density at radius 3 is 2.37 bits per heavy atom. The summed E-state index contributed by atoms with van der Waals surface area (Å²) in [5.74, 6) is 0.961. The summed E-state index contributed by atoms with van der Waals surface area (Å²) >= 11 is 0. The average molecular weight is 364 g/mol. The van der Waals surface area contributed by atoms with Gasteiger partial charge in [-0.25, -0.2) is 0 Å². The van der Waals surface area contributed by atoms with Gasteiger partial charge in [-0.3, -0.25) is 9.59 Å². The highest BCUT2D eigenvalue weighted by Crippen LogP contribution is 2.55. The van der Waals surface area contributed by atoms with Crippen LogP contribution in [-0.4, -0.2) is 31.1 Å². The molecule has 1 aromatic rings. The summed E-state index contributed by atoms with van der Waals surface area (Å²) in [7, 11) is 0. The van der Waals surface area contributed by atoms with Crippen molar-refractivity contribution in [1.29, 1.82) is 0 Å². The molecule has 3 aliphatic carbocycles. The first kappa shape index (κ1) is 17.1. The number of allylic oxidation sites excluding steroid dienone is 3. The molecule has 2 bridgehead atoms. The van der Waals surface area contributed by atoms with Gasteiger partial charge in [0, 0.05) is 27.5 Å². The molecule has 2 atom stereocenters. The topological polar surface area (TPSA) is 52.6 Å².